The summed E-state index contributed by atoms with van der Waals surface area (Å²) in [7, 11) is 3.32. The van der Waals surface area contributed by atoms with Gasteiger partial charge in [-0.1, -0.05) is 6.92 Å². The first-order valence-electron chi connectivity index (χ1n) is 5.83. The molecule has 1 aromatic carbocycles. The van der Waals surface area contributed by atoms with Gasteiger partial charge >= 0.3 is 0 Å². The van der Waals surface area contributed by atoms with Gasteiger partial charge < -0.3 is 15.2 Å². The standard InChI is InChI=1S/C13H19NO2S/c1-4-12-13(14)9-6-11(16-3)10(15-2)5-8(9)7-17-12/h5-6,12-13H,4,7,14H2,1-3H3. The third-order valence-electron chi connectivity index (χ3n) is 3.26. The molecule has 0 amide bonds. The maximum absolute atomic E-state index is 6.30. The van der Waals surface area contributed by atoms with Crippen molar-refractivity contribution < 1.29 is 9.47 Å². The Balaban J connectivity index is 2.43. The summed E-state index contributed by atoms with van der Waals surface area (Å²) in [5.41, 5.74) is 8.77. The number of benzene rings is 1. The molecule has 0 aliphatic carbocycles. The van der Waals surface area contributed by atoms with Gasteiger partial charge in [0, 0.05) is 17.0 Å². The Morgan fingerprint density at radius 3 is 2.53 bits per heavy atom. The van der Waals surface area contributed by atoms with E-state index in [-0.39, 0.29) is 6.04 Å². The minimum Gasteiger partial charge on any atom is -0.493 e. The summed E-state index contributed by atoms with van der Waals surface area (Å²) in [4.78, 5) is 0. The van der Waals surface area contributed by atoms with Gasteiger partial charge in [-0.25, -0.2) is 0 Å². The first kappa shape index (κ1) is 12.6. The second kappa shape index (κ2) is 5.19. The zero-order valence-corrected chi connectivity index (χ0v) is 11.3. The molecule has 0 radical (unpaired) electrons. The van der Waals surface area contributed by atoms with Crippen LogP contribution in [0.25, 0.3) is 0 Å². The second-order valence-corrected chi connectivity index (χ2v) is 5.42. The van der Waals surface area contributed by atoms with E-state index in [9.17, 15) is 0 Å². The van der Waals surface area contributed by atoms with Crippen LogP contribution in [-0.2, 0) is 5.75 Å². The molecule has 17 heavy (non-hydrogen) atoms. The monoisotopic (exact) mass is 253 g/mol. The summed E-state index contributed by atoms with van der Waals surface area (Å²) in [6.45, 7) is 2.18. The average Bonchev–Trinajstić information content (AvgIpc) is 2.38. The van der Waals surface area contributed by atoms with E-state index in [0.717, 1.165) is 23.7 Å². The van der Waals surface area contributed by atoms with Crippen molar-refractivity contribution in [2.45, 2.75) is 30.4 Å². The SMILES string of the molecule is CCC1SCc2cc(OC)c(OC)cc2C1N. The number of ether oxygens (including phenoxy) is 2. The molecule has 0 spiro atoms. The maximum Gasteiger partial charge on any atom is 0.161 e. The van der Waals surface area contributed by atoms with Gasteiger partial charge in [0.15, 0.2) is 11.5 Å². The number of methoxy groups -OCH3 is 2. The van der Waals surface area contributed by atoms with E-state index in [1.54, 1.807) is 14.2 Å². The largest absolute Gasteiger partial charge is 0.493 e. The molecule has 3 nitrogen and oxygen atoms in total. The van der Waals surface area contributed by atoms with Crippen LogP contribution in [0.2, 0.25) is 0 Å². The molecule has 94 valence electrons. The van der Waals surface area contributed by atoms with Crippen molar-refractivity contribution in [2.75, 3.05) is 14.2 Å². The normalized spacial score (nSPS) is 23.1. The van der Waals surface area contributed by atoms with Crippen molar-refractivity contribution in [1.29, 1.82) is 0 Å². The van der Waals surface area contributed by atoms with Gasteiger partial charge in [-0.3, -0.25) is 0 Å². The van der Waals surface area contributed by atoms with E-state index in [2.05, 4.69) is 6.92 Å². The summed E-state index contributed by atoms with van der Waals surface area (Å²) in [6.07, 6.45) is 1.10. The predicted octanol–water partition coefficient (Wildman–Crippen LogP) is 2.73. The first-order chi connectivity index (χ1) is 8.21. The lowest BCUT2D eigenvalue weighted by atomic mass is 9.96. The number of hydrogen-bond acceptors (Lipinski definition) is 4. The van der Waals surface area contributed by atoms with Crippen molar-refractivity contribution in [3.8, 4) is 11.5 Å². The topological polar surface area (TPSA) is 44.5 Å². The lowest BCUT2D eigenvalue weighted by Gasteiger charge is -2.30. The second-order valence-electron chi connectivity index (χ2n) is 4.19. The predicted molar refractivity (Wildman–Crippen MR) is 71.8 cm³/mol. The van der Waals surface area contributed by atoms with E-state index in [1.165, 1.54) is 11.1 Å². The minimum absolute atomic E-state index is 0.0913. The zero-order chi connectivity index (χ0) is 12.4. The van der Waals surface area contributed by atoms with Gasteiger partial charge in [0.1, 0.15) is 0 Å². The number of nitrogens with two attached hydrogens (primary N) is 1. The highest BCUT2D eigenvalue weighted by Gasteiger charge is 2.27. The Kier molecular flexibility index (Phi) is 3.84. The molecule has 0 saturated heterocycles. The van der Waals surface area contributed by atoms with E-state index in [4.69, 9.17) is 15.2 Å². The van der Waals surface area contributed by atoms with Crippen molar-refractivity contribution in [3.05, 3.63) is 23.3 Å². The Bertz CT molecular complexity index is 409. The molecule has 2 N–H and O–H groups in total. The fourth-order valence-electron chi connectivity index (χ4n) is 2.24. The molecule has 0 bridgehead atoms. The molecule has 1 aliphatic heterocycles. The molecule has 2 unspecified atom stereocenters. The molecule has 0 saturated carbocycles. The first-order valence-corrected chi connectivity index (χ1v) is 6.88. The Morgan fingerprint density at radius 1 is 1.29 bits per heavy atom. The van der Waals surface area contributed by atoms with Crippen LogP contribution < -0.4 is 15.2 Å². The van der Waals surface area contributed by atoms with Crippen LogP contribution in [0.4, 0.5) is 0 Å². The van der Waals surface area contributed by atoms with E-state index in [0.29, 0.717) is 5.25 Å². The molecule has 2 atom stereocenters. The van der Waals surface area contributed by atoms with Crippen LogP contribution in [0.1, 0.15) is 30.5 Å². The lowest BCUT2D eigenvalue weighted by Crippen LogP contribution is -2.27. The van der Waals surface area contributed by atoms with Crippen molar-refractivity contribution in [1.82, 2.24) is 0 Å². The van der Waals surface area contributed by atoms with E-state index < -0.39 is 0 Å². The highest BCUT2D eigenvalue weighted by Crippen LogP contribution is 2.42. The molecule has 0 aromatic heterocycles. The zero-order valence-electron chi connectivity index (χ0n) is 10.5. The Hall–Kier alpha value is -0.870. The van der Waals surface area contributed by atoms with Gasteiger partial charge in [-0.05, 0) is 29.7 Å². The van der Waals surface area contributed by atoms with Crippen molar-refractivity contribution in [3.63, 3.8) is 0 Å². The summed E-state index contributed by atoms with van der Waals surface area (Å²) in [5.74, 6) is 2.56. The molecular weight excluding hydrogens is 234 g/mol. The molecule has 4 heteroatoms. The average molecular weight is 253 g/mol. The van der Waals surface area contributed by atoms with Gasteiger partial charge in [0.2, 0.25) is 0 Å². The van der Waals surface area contributed by atoms with Crippen molar-refractivity contribution >= 4 is 11.8 Å². The van der Waals surface area contributed by atoms with Gasteiger partial charge in [0.25, 0.3) is 0 Å². The number of hydrogen-bond donors (Lipinski definition) is 1. The van der Waals surface area contributed by atoms with E-state index in [1.807, 2.05) is 23.9 Å². The number of fused-ring (bicyclic) bond motifs is 1. The third-order valence-corrected chi connectivity index (χ3v) is 4.79. The molecule has 0 fully saturated rings. The van der Waals surface area contributed by atoms with E-state index >= 15 is 0 Å². The van der Waals surface area contributed by atoms with Crippen LogP contribution >= 0.6 is 11.8 Å². The van der Waals surface area contributed by atoms with Gasteiger partial charge in [-0.2, -0.15) is 11.8 Å². The van der Waals surface area contributed by atoms with Gasteiger partial charge in [0.05, 0.1) is 14.2 Å². The molecule has 1 heterocycles. The number of rotatable bonds is 3. The lowest BCUT2D eigenvalue weighted by molar-refractivity contribution is 0.353. The summed E-state index contributed by atoms with van der Waals surface area (Å²) < 4.78 is 10.6. The molecule has 1 aliphatic rings. The smallest absolute Gasteiger partial charge is 0.161 e. The quantitative estimate of drug-likeness (QED) is 0.899. The maximum atomic E-state index is 6.30. The Morgan fingerprint density at radius 2 is 1.94 bits per heavy atom. The highest BCUT2D eigenvalue weighted by atomic mass is 32.2. The van der Waals surface area contributed by atoms with Crippen LogP contribution in [-0.4, -0.2) is 19.5 Å². The minimum atomic E-state index is 0.0913. The molecule has 2 rings (SSSR count). The van der Waals surface area contributed by atoms with Crippen LogP contribution in [0.5, 0.6) is 11.5 Å². The summed E-state index contributed by atoms with van der Waals surface area (Å²) >= 11 is 1.93. The fourth-order valence-corrected chi connectivity index (χ4v) is 3.48. The summed E-state index contributed by atoms with van der Waals surface area (Å²) in [5, 5.41) is 0.501. The van der Waals surface area contributed by atoms with Crippen LogP contribution in [0.15, 0.2) is 12.1 Å². The summed E-state index contributed by atoms with van der Waals surface area (Å²) in [6, 6.07) is 4.17. The molecule has 1 aromatic rings. The fraction of sp³-hybridized carbons (Fsp3) is 0.538. The van der Waals surface area contributed by atoms with Crippen LogP contribution in [0.3, 0.4) is 0 Å². The van der Waals surface area contributed by atoms with Crippen molar-refractivity contribution in [2.24, 2.45) is 5.73 Å². The number of thioether (sulfide) groups is 1. The van der Waals surface area contributed by atoms with Gasteiger partial charge in [-0.15, -0.1) is 0 Å². The Labute approximate surface area is 107 Å². The van der Waals surface area contributed by atoms with Crippen LogP contribution in [0, 0.1) is 0 Å². The molecular formula is C13H19NO2S. The highest BCUT2D eigenvalue weighted by molar-refractivity contribution is 7.99. The third kappa shape index (κ3) is 2.24.